The molecule has 0 rings (SSSR count). The summed E-state index contributed by atoms with van der Waals surface area (Å²) in [5.74, 6) is -1.49. The van der Waals surface area contributed by atoms with Crippen molar-refractivity contribution >= 4 is 63.3 Å². The van der Waals surface area contributed by atoms with Gasteiger partial charge in [0.15, 0.2) is 6.61 Å². The summed E-state index contributed by atoms with van der Waals surface area (Å²) < 4.78 is 4.58. The van der Waals surface area contributed by atoms with Gasteiger partial charge in [0.2, 0.25) is 0 Å². The van der Waals surface area contributed by atoms with Crippen LogP contribution in [0.25, 0.3) is 0 Å². The Bertz CT molecular complexity index is 308. The number of ether oxygens (including phenoxy) is 1. The van der Waals surface area contributed by atoms with Crippen LogP contribution in [0.2, 0.25) is 0 Å². The van der Waals surface area contributed by atoms with Gasteiger partial charge < -0.3 is 9.84 Å². The van der Waals surface area contributed by atoms with E-state index in [4.69, 9.17) is 5.11 Å². The molecule has 0 amide bonds. The maximum absolute atomic E-state index is 11.2. The first-order valence-corrected chi connectivity index (χ1v) is 10.0. The third kappa shape index (κ3) is 24.6. The SMILES string of the molecule is CCCCCCCCCCCCCCCCCC(=O)OCC(=O)O.[K]. The molecule has 0 saturated carbocycles. The van der Waals surface area contributed by atoms with E-state index in [-0.39, 0.29) is 51.4 Å². The Labute approximate surface area is 197 Å². The van der Waals surface area contributed by atoms with E-state index in [0.717, 1.165) is 19.3 Å². The van der Waals surface area contributed by atoms with Gasteiger partial charge in [-0.25, -0.2) is 4.79 Å². The Morgan fingerprint density at radius 3 is 1.40 bits per heavy atom. The van der Waals surface area contributed by atoms with Gasteiger partial charge in [-0.2, -0.15) is 0 Å². The van der Waals surface area contributed by atoms with Gasteiger partial charge >= 0.3 is 11.9 Å². The average Bonchev–Trinajstić information content (AvgIpc) is 2.56. The van der Waals surface area contributed by atoms with Crippen molar-refractivity contribution in [3.63, 3.8) is 0 Å². The maximum atomic E-state index is 11.2. The van der Waals surface area contributed by atoms with Crippen LogP contribution in [-0.4, -0.2) is 75.0 Å². The van der Waals surface area contributed by atoms with E-state index in [1.807, 2.05) is 0 Å². The zero-order chi connectivity index (χ0) is 17.9. The number of hydrogen-bond acceptors (Lipinski definition) is 3. The summed E-state index contributed by atoms with van der Waals surface area (Å²) in [5, 5.41) is 8.39. The molecule has 0 fully saturated rings. The standard InChI is InChI=1S/C20H38O4.K/c1-2-3-4-5-6-7-8-9-10-11-12-13-14-15-16-17-20(23)24-18-19(21)22;/h2-18H2,1H3,(H,21,22);. The van der Waals surface area contributed by atoms with Gasteiger partial charge in [-0.05, 0) is 6.42 Å². The smallest absolute Gasteiger partial charge is 0.341 e. The molecule has 0 aromatic heterocycles. The molecular formula is C20H38KO4. The van der Waals surface area contributed by atoms with Crippen LogP contribution >= 0.6 is 0 Å². The van der Waals surface area contributed by atoms with E-state index in [2.05, 4.69) is 11.7 Å². The minimum atomic E-state index is -1.10. The van der Waals surface area contributed by atoms with Gasteiger partial charge in [0, 0.05) is 57.8 Å². The van der Waals surface area contributed by atoms with Crippen molar-refractivity contribution in [2.24, 2.45) is 0 Å². The summed E-state index contributed by atoms with van der Waals surface area (Å²) in [4.78, 5) is 21.4. The Kier molecular flexibility index (Phi) is 25.1. The number of unbranched alkanes of at least 4 members (excludes halogenated alkanes) is 14. The minimum Gasteiger partial charge on any atom is -0.479 e. The van der Waals surface area contributed by atoms with E-state index in [1.165, 1.54) is 77.0 Å². The number of carboxylic acids is 1. The molecule has 0 aliphatic carbocycles. The van der Waals surface area contributed by atoms with Crippen molar-refractivity contribution in [3.05, 3.63) is 0 Å². The minimum absolute atomic E-state index is 0. The van der Waals surface area contributed by atoms with E-state index in [9.17, 15) is 9.59 Å². The average molecular weight is 382 g/mol. The third-order valence-corrected chi connectivity index (χ3v) is 4.34. The van der Waals surface area contributed by atoms with Crippen molar-refractivity contribution in [1.29, 1.82) is 0 Å². The summed E-state index contributed by atoms with van der Waals surface area (Å²) in [6.07, 6.45) is 19.7. The Morgan fingerprint density at radius 1 is 0.680 bits per heavy atom. The molecule has 0 atom stereocenters. The molecule has 1 radical (unpaired) electrons. The molecule has 25 heavy (non-hydrogen) atoms. The summed E-state index contributed by atoms with van der Waals surface area (Å²) in [5.41, 5.74) is 0. The van der Waals surface area contributed by atoms with Gasteiger partial charge in [-0.1, -0.05) is 96.8 Å². The summed E-state index contributed by atoms with van der Waals surface area (Å²) in [6.45, 7) is 1.74. The van der Waals surface area contributed by atoms with Crippen molar-refractivity contribution in [2.45, 2.75) is 110 Å². The van der Waals surface area contributed by atoms with Crippen LogP contribution in [0.4, 0.5) is 0 Å². The van der Waals surface area contributed by atoms with E-state index >= 15 is 0 Å². The molecule has 4 nitrogen and oxygen atoms in total. The molecule has 1 N–H and O–H groups in total. The largest absolute Gasteiger partial charge is 0.479 e. The summed E-state index contributed by atoms with van der Waals surface area (Å²) in [7, 11) is 0. The fourth-order valence-electron chi connectivity index (χ4n) is 2.86. The monoisotopic (exact) mass is 381 g/mol. The van der Waals surface area contributed by atoms with Crippen molar-refractivity contribution in [3.8, 4) is 0 Å². The van der Waals surface area contributed by atoms with Crippen molar-refractivity contribution < 1.29 is 19.4 Å². The van der Waals surface area contributed by atoms with E-state index in [1.54, 1.807) is 0 Å². The zero-order valence-electron chi connectivity index (χ0n) is 16.7. The van der Waals surface area contributed by atoms with Gasteiger partial charge in [-0.15, -0.1) is 0 Å². The van der Waals surface area contributed by atoms with Crippen LogP contribution in [0.5, 0.6) is 0 Å². The van der Waals surface area contributed by atoms with Crippen LogP contribution in [0.1, 0.15) is 110 Å². The number of aliphatic carboxylic acids is 1. The molecule has 0 unspecified atom stereocenters. The predicted octanol–water partition coefficient (Wildman–Crippen LogP) is 5.49. The first-order chi connectivity index (χ1) is 11.7. The molecule has 0 aliphatic rings. The predicted molar refractivity (Wildman–Crippen MR) is 104 cm³/mol. The van der Waals surface area contributed by atoms with E-state index in [0.29, 0.717) is 6.42 Å². The summed E-state index contributed by atoms with van der Waals surface area (Å²) in [6, 6.07) is 0. The van der Waals surface area contributed by atoms with Gasteiger partial charge in [-0.3, -0.25) is 4.79 Å². The summed E-state index contributed by atoms with van der Waals surface area (Å²) >= 11 is 0. The Balaban J connectivity index is 0. The maximum Gasteiger partial charge on any atom is 0.341 e. The van der Waals surface area contributed by atoms with E-state index < -0.39 is 18.5 Å². The second-order valence-electron chi connectivity index (χ2n) is 6.75. The number of carbonyl (C=O) groups is 2. The Hall–Kier alpha value is 0.576. The second-order valence-corrected chi connectivity index (χ2v) is 6.75. The number of esters is 1. The Morgan fingerprint density at radius 2 is 1.04 bits per heavy atom. The molecule has 0 spiro atoms. The fraction of sp³-hybridized carbons (Fsp3) is 0.900. The first kappa shape index (κ1) is 27.8. The molecule has 0 saturated heterocycles. The quantitative estimate of drug-likeness (QED) is 0.193. The van der Waals surface area contributed by atoms with Crippen molar-refractivity contribution in [2.75, 3.05) is 6.61 Å². The van der Waals surface area contributed by atoms with Gasteiger partial charge in [0.1, 0.15) is 0 Å². The molecule has 0 bridgehead atoms. The zero-order valence-corrected chi connectivity index (χ0v) is 19.8. The van der Waals surface area contributed by atoms with Crippen LogP contribution in [0, 0.1) is 0 Å². The number of hydrogen-bond donors (Lipinski definition) is 1. The topological polar surface area (TPSA) is 63.6 Å². The molecule has 0 aromatic rings. The number of rotatable bonds is 18. The molecule has 143 valence electrons. The molecular weight excluding hydrogens is 343 g/mol. The van der Waals surface area contributed by atoms with Crippen molar-refractivity contribution in [1.82, 2.24) is 0 Å². The van der Waals surface area contributed by atoms with Crippen LogP contribution < -0.4 is 0 Å². The second kappa shape index (κ2) is 22.6. The fourth-order valence-corrected chi connectivity index (χ4v) is 2.86. The number of carbonyl (C=O) groups excluding carboxylic acids is 1. The molecule has 5 heteroatoms. The number of carboxylic acid groups (broad SMARTS) is 1. The van der Waals surface area contributed by atoms with Crippen LogP contribution in [-0.2, 0) is 14.3 Å². The molecule has 0 aromatic carbocycles. The van der Waals surface area contributed by atoms with Gasteiger partial charge in [0.05, 0.1) is 0 Å². The van der Waals surface area contributed by atoms with Crippen LogP contribution in [0.3, 0.4) is 0 Å². The first-order valence-electron chi connectivity index (χ1n) is 10.0. The van der Waals surface area contributed by atoms with Gasteiger partial charge in [0.25, 0.3) is 0 Å². The van der Waals surface area contributed by atoms with Crippen LogP contribution in [0.15, 0.2) is 0 Å². The third-order valence-electron chi connectivity index (χ3n) is 4.34. The molecule has 0 aliphatic heterocycles. The normalized spacial score (nSPS) is 10.3. The molecule has 0 heterocycles.